The molecule has 4 nitrogen and oxygen atoms in total. The number of aromatic nitrogens is 1. The number of benzene rings is 1. The van der Waals surface area contributed by atoms with Crippen molar-refractivity contribution < 1.29 is 4.79 Å². The zero-order valence-electron chi connectivity index (χ0n) is 17.4. The van der Waals surface area contributed by atoms with Crippen LogP contribution >= 0.6 is 0 Å². The van der Waals surface area contributed by atoms with E-state index in [2.05, 4.69) is 64.6 Å². The van der Waals surface area contributed by atoms with Gasteiger partial charge in [0.25, 0.3) is 0 Å². The third-order valence-electron chi connectivity index (χ3n) is 6.59. The van der Waals surface area contributed by atoms with Crippen molar-refractivity contribution in [3.05, 3.63) is 53.3 Å². The number of rotatable bonds is 5. The molecule has 2 fully saturated rings. The summed E-state index contributed by atoms with van der Waals surface area (Å²) in [6.45, 7) is 8.71. The lowest BCUT2D eigenvalue weighted by Gasteiger charge is -2.35. The van der Waals surface area contributed by atoms with Gasteiger partial charge in [-0.2, -0.15) is 0 Å². The normalized spacial score (nSPS) is 19.1. The third kappa shape index (κ3) is 4.02. The molecule has 0 N–H and O–H groups in total. The summed E-state index contributed by atoms with van der Waals surface area (Å²) in [5.74, 6) is 0.281. The summed E-state index contributed by atoms with van der Waals surface area (Å²) in [6, 6.07) is 13.3. The SMILES string of the molecule is Cc1cc(C(=O)CN2CCN(c3ccccc3)CC2)c(C)n1C1CCCCC1. The first kappa shape index (κ1) is 19.3. The summed E-state index contributed by atoms with van der Waals surface area (Å²) in [7, 11) is 0. The number of Topliss-reactive ketones (excluding diaryl/α,β-unsaturated/α-hetero) is 1. The highest BCUT2D eigenvalue weighted by atomic mass is 16.1. The second-order valence-corrected chi connectivity index (χ2v) is 8.47. The van der Waals surface area contributed by atoms with E-state index in [1.165, 1.54) is 49.2 Å². The van der Waals surface area contributed by atoms with Crippen LogP contribution in [0.1, 0.15) is 59.9 Å². The minimum absolute atomic E-state index is 0.281. The summed E-state index contributed by atoms with van der Waals surface area (Å²) >= 11 is 0. The summed E-state index contributed by atoms with van der Waals surface area (Å²) in [5, 5.41) is 0. The molecule has 1 aliphatic heterocycles. The molecule has 150 valence electrons. The first-order valence-electron chi connectivity index (χ1n) is 10.9. The van der Waals surface area contributed by atoms with Crippen LogP contribution < -0.4 is 4.90 Å². The number of aryl methyl sites for hydroxylation is 1. The maximum atomic E-state index is 13.1. The number of nitrogens with zero attached hydrogens (tertiary/aromatic N) is 3. The van der Waals surface area contributed by atoms with Gasteiger partial charge in [0, 0.05) is 54.9 Å². The van der Waals surface area contributed by atoms with Crippen LogP contribution in [0.15, 0.2) is 36.4 Å². The van der Waals surface area contributed by atoms with Crippen molar-refractivity contribution in [2.24, 2.45) is 0 Å². The second-order valence-electron chi connectivity index (χ2n) is 8.47. The van der Waals surface area contributed by atoms with Gasteiger partial charge in [0.1, 0.15) is 0 Å². The fourth-order valence-electron chi connectivity index (χ4n) is 5.05. The molecule has 0 radical (unpaired) electrons. The second kappa shape index (κ2) is 8.52. The topological polar surface area (TPSA) is 28.5 Å². The third-order valence-corrected chi connectivity index (χ3v) is 6.59. The average Bonchev–Trinajstić information content (AvgIpc) is 3.04. The standard InChI is InChI=1S/C24H33N3O/c1-19-17-23(20(2)27(19)22-11-7-4-8-12-22)24(28)18-25-13-15-26(16-14-25)21-9-5-3-6-10-21/h3,5-6,9-10,17,22H,4,7-8,11-16,18H2,1-2H3. The van der Waals surface area contributed by atoms with Gasteiger partial charge in [-0.25, -0.2) is 0 Å². The molecule has 1 aromatic carbocycles. The summed E-state index contributed by atoms with van der Waals surface area (Å²) in [6.07, 6.45) is 6.50. The Kier molecular flexibility index (Phi) is 5.86. The molecular weight excluding hydrogens is 346 g/mol. The Hall–Kier alpha value is -2.07. The van der Waals surface area contributed by atoms with Gasteiger partial charge >= 0.3 is 0 Å². The molecule has 2 aromatic rings. The van der Waals surface area contributed by atoms with Gasteiger partial charge in [0.2, 0.25) is 0 Å². The summed E-state index contributed by atoms with van der Waals surface area (Å²) < 4.78 is 2.44. The maximum Gasteiger partial charge on any atom is 0.178 e. The molecular formula is C24H33N3O. The number of hydrogen-bond donors (Lipinski definition) is 0. The van der Waals surface area contributed by atoms with Crippen molar-refractivity contribution in [3.63, 3.8) is 0 Å². The van der Waals surface area contributed by atoms with E-state index in [1.807, 2.05) is 0 Å². The smallest absolute Gasteiger partial charge is 0.178 e. The molecule has 1 aliphatic carbocycles. The Morgan fingerprint density at radius 2 is 1.64 bits per heavy atom. The van der Waals surface area contributed by atoms with Crippen LogP contribution in [0.25, 0.3) is 0 Å². The van der Waals surface area contributed by atoms with Gasteiger partial charge in [0.15, 0.2) is 5.78 Å². The zero-order valence-corrected chi connectivity index (χ0v) is 17.4. The average molecular weight is 380 g/mol. The monoisotopic (exact) mass is 379 g/mol. The fourth-order valence-corrected chi connectivity index (χ4v) is 5.05. The Balaban J connectivity index is 1.38. The van der Waals surface area contributed by atoms with Crippen molar-refractivity contribution in [1.82, 2.24) is 9.47 Å². The Bertz CT molecular complexity index is 797. The van der Waals surface area contributed by atoms with E-state index in [4.69, 9.17) is 0 Å². The van der Waals surface area contributed by atoms with Crippen molar-refractivity contribution >= 4 is 11.5 Å². The lowest BCUT2D eigenvalue weighted by molar-refractivity contribution is 0.0925. The highest BCUT2D eigenvalue weighted by Crippen LogP contribution is 2.32. The molecule has 2 heterocycles. The molecule has 4 heteroatoms. The number of para-hydroxylation sites is 1. The van der Waals surface area contributed by atoms with E-state index in [9.17, 15) is 4.79 Å². The molecule has 0 bridgehead atoms. The Labute approximate surface area is 169 Å². The minimum atomic E-state index is 0.281. The van der Waals surface area contributed by atoms with E-state index in [0.29, 0.717) is 12.6 Å². The number of carbonyl (C=O) groups is 1. The van der Waals surface area contributed by atoms with Crippen molar-refractivity contribution in [2.75, 3.05) is 37.6 Å². The van der Waals surface area contributed by atoms with Crippen molar-refractivity contribution in [1.29, 1.82) is 0 Å². The molecule has 1 saturated carbocycles. The first-order valence-corrected chi connectivity index (χ1v) is 10.9. The number of piperazine rings is 1. The molecule has 0 spiro atoms. The Morgan fingerprint density at radius 3 is 2.32 bits per heavy atom. The molecule has 2 aliphatic rings. The highest BCUT2D eigenvalue weighted by Gasteiger charge is 2.25. The lowest BCUT2D eigenvalue weighted by atomic mass is 9.95. The van der Waals surface area contributed by atoms with Crippen LogP contribution in [-0.4, -0.2) is 48.0 Å². The number of carbonyl (C=O) groups excluding carboxylic acids is 1. The quantitative estimate of drug-likeness (QED) is 0.710. The molecule has 0 amide bonds. The summed E-state index contributed by atoms with van der Waals surface area (Å²) in [5.41, 5.74) is 4.65. The van der Waals surface area contributed by atoms with E-state index in [1.54, 1.807) is 0 Å². The van der Waals surface area contributed by atoms with E-state index in [0.717, 1.165) is 31.7 Å². The van der Waals surface area contributed by atoms with E-state index in [-0.39, 0.29) is 5.78 Å². The van der Waals surface area contributed by atoms with E-state index < -0.39 is 0 Å². The van der Waals surface area contributed by atoms with Crippen LogP contribution in [0.4, 0.5) is 5.69 Å². The van der Waals surface area contributed by atoms with Crippen LogP contribution in [0.3, 0.4) is 0 Å². The molecule has 1 aromatic heterocycles. The molecule has 4 rings (SSSR count). The highest BCUT2D eigenvalue weighted by molar-refractivity contribution is 5.99. The van der Waals surface area contributed by atoms with Gasteiger partial charge in [-0.15, -0.1) is 0 Å². The number of hydrogen-bond acceptors (Lipinski definition) is 3. The van der Waals surface area contributed by atoms with Gasteiger partial charge < -0.3 is 9.47 Å². The van der Waals surface area contributed by atoms with Crippen LogP contribution in [-0.2, 0) is 0 Å². The zero-order chi connectivity index (χ0) is 19.5. The lowest BCUT2D eigenvalue weighted by Crippen LogP contribution is -2.48. The van der Waals surface area contributed by atoms with Crippen LogP contribution in [0.2, 0.25) is 0 Å². The fraction of sp³-hybridized carbons (Fsp3) is 0.542. The number of anilines is 1. The van der Waals surface area contributed by atoms with Gasteiger partial charge in [-0.3, -0.25) is 9.69 Å². The Morgan fingerprint density at radius 1 is 0.964 bits per heavy atom. The van der Waals surface area contributed by atoms with Gasteiger partial charge in [-0.05, 0) is 44.9 Å². The van der Waals surface area contributed by atoms with Crippen molar-refractivity contribution in [3.8, 4) is 0 Å². The first-order chi connectivity index (χ1) is 13.6. The summed E-state index contributed by atoms with van der Waals surface area (Å²) in [4.78, 5) is 17.8. The van der Waals surface area contributed by atoms with E-state index >= 15 is 0 Å². The molecule has 0 atom stereocenters. The molecule has 0 unspecified atom stereocenters. The maximum absolute atomic E-state index is 13.1. The van der Waals surface area contributed by atoms with Gasteiger partial charge in [0.05, 0.1) is 6.54 Å². The van der Waals surface area contributed by atoms with Gasteiger partial charge in [-0.1, -0.05) is 37.5 Å². The predicted molar refractivity (Wildman–Crippen MR) is 115 cm³/mol. The van der Waals surface area contributed by atoms with Crippen LogP contribution in [0.5, 0.6) is 0 Å². The number of ketones is 1. The predicted octanol–water partition coefficient (Wildman–Crippen LogP) is 4.62. The minimum Gasteiger partial charge on any atom is -0.369 e. The molecule has 28 heavy (non-hydrogen) atoms. The largest absolute Gasteiger partial charge is 0.369 e. The molecule has 1 saturated heterocycles. The van der Waals surface area contributed by atoms with Crippen molar-refractivity contribution in [2.45, 2.75) is 52.0 Å². The van der Waals surface area contributed by atoms with Crippen LogP contribution in [0, 0.1) is 13.8 Å².